The number of nitrogens with one attached hydrogen (secondary N) is 1. The first-order valence-corrected chi connectivity index (χ1v) is 9.93. The zero-order chi connectivity index (χ0) is 19.9. The monoisotopic (exact) mass is 382 g/mol. The van der Waals surface area contributed by atoms with E-state index in [2.05, 4.69) is 15.2 Å². The number of carbonyl (C=O) groups is 1. The van der Waals surface area contributed by atoms with Crippen molar-refractivity contribution in [2.45, 2.75) is 38.8 Å². The Morgan fingerprint density at radius 2 is 1.96 bits per heavy atom. The molecular weight excluding hydrogens is 352 g/mol. The summed E-state index contributed by atoms with van der Waals surface area (Å²) in [5, 5.41) is 2.98. The minimum atomic E-state index is -0.126. The van der Waals surface area contributed by atoms with Crippen molar-refractivity contribution in [1.82, 2.24) is 15.2 Å². The highest BCUT2D eigenvalue weighted by atomic mass is 16.5. The molecule has 0 bridgehead atoms. The van der Waals surface area contributed by atoms with Crippen LogP contribution in [0.2, 0.25) is 0 Å². The molecule has 0 saturated carbocycles. The summed E-state index contributed by atoms with van der Waals surface area (Å²) < 4.78 is 5.42. The lowest BCUT2D eigenvalue weighted by atomic mass is 10.1. The minimum Gasteiger partial charge on any atom is -0.496 e. The van der Waals surface area contributed by atoms with Gasteiger partial charge in [-0.3, -0.25) is 0 Å². The van der Waals surface area contributed by atoms with Gasteiger partial charge < -0.3 is 19.9 Å². The molecule has 0 spiro atoms. The zero-order valence-corrected chi connectivity index (χ0v) is 17.0. The Labute approximate surface area is 167 Å². The zero-order valence-electron chi connectivity index (χ0n) is 17.0. The molecule has 0 radical (unpaired) electrons. The van der Waals surface area contributed by atoms with E-state index in [1.165, 1.54) is 19.3 Å². The molecule has 1 aromatic carbocycles. The number of rotatable bonds is 6. The third-order valence-electron chi connectivity index (χ3n) is 5.42. The molecule has 3 rings (SSSR count). The van der Waals surface area contributed by atoms with Crippen molar-refractivity contribution in [3.8, 4) is 5.75 Å². The lowest BCUT2D eigenvalue weighted by Gasteiger charge is -2.28. The number of pyridine rings is 1. The first kappa shape index (κ1) is 20.0. The topological polar surface area (TPSA) is 57.7 Å². The van der Waals surface area contributed by atoms with Crippen LogP contribution in [0, 0.1) is 0 Å². The van der Waals surface area contributed by atoms with E-state index in [0.29, 0.717) is 6.54 Å². The van der Waals surface area contributed by atoms with Crippen molar-refractivity contribution in [3.63, 3.8) is 0 Å². The number of hydrogen-bond acceptors (Lipinski definition) is 4. The Bertz CT molecular complexity index is 772. The summed E-state index contributed by atoms with van der Waals surface area (Å²) in [5.74, 6) is 1.81. The molecule has 6 nitrogen and oxygen atoms in total. The van der Waals surface area contributed by atoms with Gasteiger partial charge in [0.25, 0.3) is 0 Å². The van der Waals surface area contributed by atoms with Gasteiger partial charge in [0.05, 0.1) is 13.2 Å². The summed E-state index contributed by atoms with van der Waals surface area (Å²) in [6, 6.07) is 11.6. The molecule has 1 aromatic heterocycles. The fourth-order valence-corrected chi connectivity index (χ4v) is 3.53. The molecule has 1 atom stereocenters. The third kappa shape index (κ3) is 4.74. The maximum Gasteiger partial charge on any atom is 0.317 e. The SMILES string of the molecule is COc1ccccc1C(C)N(C)C(=O)NCc1ccc(N2CCCCC2)nc1. The highest BCUT2D eigenvalue weighted by Gasteiger charge is 2.20. The molecular formula is C22H30N4O2. The number of urea groups is 1. The van der Waals surface area contributed by atoms with Crippen LogP contribution >= 0.6 is 0 Å². The smallest absolute Gasteiger partial charge is 0.317 e. The van der Waals surface area contributed by atoms with E-state index in [1.807, 2.05) is 49.5 Å². The average Bonchev–Trinajstić information content (AvgIpc) is 2.77. The highest BCUT2D eigenvalue weighted by Crippen LogP contribution is 2.28. The van der Waals surface area contributed by atoms with Crippen molar-refractivity contribution < 1.29 is 9.53 Å². The predicted octanol–water partition coefficient (Wildman–Crippen LogP) is 3.98. The van der Waals surface area contributed by atoms with Gasteiger partial charge in [0, 0.05) is 38.4 Å². The second kappa shape index (κ2) is 9.44. The van der Waals surface area contributed by atoms with Crippen molar-refractivity contribution >= 4 is 11.8 Å². The number of para-hydroxylation sites is 1. The van der Waals surface area contributed by atoms with Crippen molar-refractivity contribution in [2.75, 3.05) is 32.1 Å². The van der Waals surface area contributed by atoms with E-state index < -0.39 is 0 Å². The minimum absolute atomic E-state index is 0.101. The fraction of sp³-hybridized carbons (Fsp3) is 0.455. The summed E-state index contributed by atoms with van der Waals surface area (Å²) in [6.45, 7) is 4.60. The van der Waals surface area contributed by atoms with Crippen LogP contribution in [0.5, 0.6) is 5.75 Å². The number of amides is 2. The van der Waals surface area contributed by atoms with Crippen molar-refractivity contribution in [2.24, 2.45) is 0 Å². The van der Waals surface area contributed by atoms with Crippen LogP contribution in [-0.2, 0) is 6.54 Å². The number of anilines is 1. The van der Waals surface area contributed by atoms with Gasteiger partial charge in [-0.2, -0.15) is 0 Å². The number of ether oxygens (including phenoxy) is 1. The van der Waals surface area contributed by atoms with E-state index >= 15 is 0 Å². The summed E-state index contributed by atoms with van der Waals surface area (Å²) >= 11 is 0. The second-order valence-electron chi connectivity index (χ2n) is 7.26. The standard InChI is InChI=1S/C22H30N4O2/c1-17(19-9-5-6-10-20(19)28-3)25(2)22(27)24-16-18-11-12-21(23-15-18)26-13-7-4-8-14-26/h5-6,9-12,15,17H,4,7-8,13-14,16H2,1-3H3,(H,24,27). The fourth-order valence-electron chi connectivity index (χ4n) is 3.53. The van der Waals surface area contributed by atoms with Gasteiger partial charge in [-0.15, -0.1) is 0 Å². The van der Waals surface area contributed by atoms with Crippen LogP contribution in [0.3, 0.4) is 0 Å². The molecule has 1 saturated heterocycles. The van der Waals surface area contributed by atoms with Gasteiger partial charge in [-0.1, -0.05) is 24.3 Å². The first-order chi connectivity index (χ1) is 13.6. The molecule has 150 valence electrons. The van der Waals surface area contributed by atoms with Gasteiger partial charge in [0.1, 0.15) is 11.6 Å². The van der Waals surface area contributed by atoms with E-state index in [0.717, 1.165) is 35.8 Å². The Balaban J connectivity index is 1.55. The van der Waals surface area contributed by atoms with Gasteiger partial charge in [-0.25, -0.2) is 9.78 Å². The van der Waals surface area contributed by atoms with Crippen LogP contribution in [0.15, 0.2) is 42.6 Å². The third-order valence-corrected chi connectivity index (χ3v) is 5.42. The molecule has 1 aliphatic heterocycles. The van der Waals surface area contributed by atoms with Crippen LogP contribution in [0.25, 0.3) is 0 Å². The van der Waals surface area contributed by atoms with E-state index in [1.54, 1.807) is 19.1 Å². The van der Waals surface area contributed by atoms with Crippen LogP contribution in [0.4, 0.5) is 10.6 Å². The molecule has 0 aliphatic carbocycles. The molecule has 1 N–H and O–H groups in total. The molecule has 1 aliphatic rings. The number of nitrogens with zero attached hydrogens (tertiary/aromatic N) is 3. The number of methoxy groups -OCH3 is 1. The molecule has 2 amide bonds. The van der Waals surface area contributed by atoms with E-state index in [9.17, 15) is 4.79 Å². The molecule has 2 aromatic rings. The van der Waals surface area contributed by atoms with Crippen molar-refractivity contribution in [1.29, 1.82) is 0 Å². The maximum atomic E-state index is 12.6. The summed E-state index contributed by atoms with van der Waals surface area (Å²) in [4.78, 5) is 21.2. The Hall–Kier alpha value is -2.76. The van der Waals surface area contributed by atoms with Gasteiger partial charge in [0.2, 0.25) is 0 Å². The van der Waals surface area contributed by atoms with Crippen LogP contribution in [-0.4, -0.2) is 43.2 Å². The van der Waals surface area contributed by atoms with Crippen molar-refractivity contribution in [3.05, 3.63) is 53.7 Å². The normalized spacial score (nSPS) is 15.0. The van der Waals surface area contributed by atoms with Gasteiger partial charge >= 0.3 is 6.03 Å². The van der Waals surface area contributed by atoms with Gasteiger partial charge in [0.15, 0.2) is 0 Å². The van der Waals surface area contributed by atoms with E-state index in [-0.39, 0.29) is 12.1 Å². The molecule has 6 heteroatoms. The number of hydrogen-bond donors (Lipinski definition) is 1. The lowest BCUT2D eigenvalue weighted by molar-refractivity contribution is 0.193. The summed E-state index contributed by atoms with van der Waals surface area (Å²) in [6.07, 6.45) is 5.63. The summed E-state index contributed by atoms with van der Waals surface area (Å²) in [5.41, 5.74) is 1.97. The molecule has 1 fully saturated rings. The predicted molar refractivity (Wildman–Crippen MR) is 112 cm³/mol. The Morgan fingerprint density at radius 1 is 1.21 bits per heavy atom. The second-order valence-corrected chi connectivity index (χ2v) is 7.26. The Morgan fingerprint density at radius 3 is 2.64 bits per heavy atom. The number of piperidine rings is 1. The summed E-state index contributed by atoms with van der Waals surface area (Å²) in [7, 11) is 3.44. The van der Waals surface area contributed by atoms with E-state index in [4.69, 9.17) is 4.74 Å². The molecule has 2 heterocycles. The number of benzene rings is 1. The average molecular weight is 383 g/mol. The Kier molecular flexibility index (Phi) is 6.74. The maximum absolute atomic E-state index is 12.6. The number of aromatic nitrogens is 1. The van der Waals surface area contributed by atoms with Crippen LogP contribution < -0.4 is 15.0 Å². The first-order valence-electron chi connectivity index (χ1n) is 9.93. The molecule has 28 heavy (non-hydrogen) atoms. The highest BCUT2D eigenvalue weighted by molar-refractivity contribution is 5.74. The van der Waals surface area contributed by atoms with Gasteiger partial charge in [-0.05, 0) is 43.9 Å². The largest absolute Gasteiger partial charge is 0.496 e. The quantitative estimate of drug-likeness (QED) is 0.821. The number of carbonyl (C=O) groups excluding carboxylic acids is 1. The van der Waals surface area contributed by atoms with Crippen LogP contribution in [0.1, 0.15) is 43.4 Å². The lowest BCUT2D eigenvalue weighted by Crippen LogP contribution is -2.38. The molecule has 1 unspecified atom stereocenters.